The summed E-state index contributed by atoms with van der Waals surface area (Å²) in [4.78, 5) is 17.5. The second-order valence-corrected chi connectivity index (χ2v) is 8.41. The van der Waals surface area contributed by atoms with E-state index in [1.807, 2.05) is 61.8 Å². The van der Waals surface area contributed by atoms with Gasteiger partial charge in [0.2, 0.25) is 5.91 Å². The zero-order valence-corrected chi connectivity index (χ0v) is 18.7. The van der Waals surface area contributed by atoms with Crippen LogP contribution >= 0.6 is 23.2 Å². The van der Waals surface area contributed by atoms with Gasteiger partial charge in [0, 0.05) is 41.3 Å². The maximum Gasteiger partial charge on any atom is 0.221 e. The van der Waals surface area contributed by atoms with Crippen molar-refractivity contribution in [2.75, 3.05) is 6.54 Å². The molecule has 1 N–H and O–H groups in total. The predicted molar refractivity (Wildman–Crippen MR) is 126 cm³/mol. The summed E-state index contributed by atoms with van der Waals surface area (Å²) in [6.07, 6.45) is 4.86. The van der Waals surface area contributed by atoms with Gasteiger partial charge >= 0.3 is 0 Å². The minimum atomic E-state index is -0.0999. The van der Waals surface area contributed by atoms with E-state index in [9.17, 15) is 4.79 Å². The monoisotopic (exact) mass is 451 g/mol. The Morgan fingerprint density at radius 3 is 2.68 bits per heavy atom. The molecule has 0 saturated heterocycles. The number of carbonyl (C=O) groups is 1. The van der Waals surface area contributed by atoms with E-state index in [0.29, 0.717) is 29.4 Å². The summed E-state index contributed by atoms with van der Waals surface area (Å²) in [7, 11) is 0. The van der Waals surface area contributed by atoms with Gasteiger partial charge in [-0.3, -0.25) is 4.79 Å². The lowest BCUT2D eigenvalue weighted by Gasteiger charge is -2.17. The van der Waals surface area contributed by atoms with E-state index in [0.717, 1.165) is 28.0 Å². The van der Waals surface area contributed by atoms with Gasteiger partial charge in [0.1, 0.15) is 5.65 Å². The summed E-state index contributed by atoms with van der Waals surface area (Å²) >= 11 is 12.2. The molecule has 0 spiro atoms. The molecule has 6 heteroatoms. The van der Waals surface area contributed by atoms with Gasteiger partial charge in [0.25, 0.3) is 0 Å². The topological polar surface area (TPSA) is 46.4 Å². The first kappa shape index (κ1) is 21.4. The zero-order chi connectivity index (χ0) is 21.8. The fourth-order valence-electron chi connectivity index (χ4n) is 3.83. The number of amides is 1. The molecule has 0 aliphatic rings. The number of hydrogen-bond acceptors (Lipinski definition) is 2. The Morgan fingerprint density at radius 2 is 1.90 bits per heavy atom. The van der Waals surface area contributed by atoms with E-state index in [1.165, 1.54) is 0 Å². The van der Waals surface area contributed by atoms with E-state index in [-0.39, 0.29) is 11.8 Å². The normalized spacial score (nSPS) is 12.1. The lowest BCUT2D eigenvalue weighted by molar-refractivity contribution is -0.121. The predicted octanol–water partition coefficient (Wildman–Crippen LogP) is 5.83. The molecular formula is C25H23Cl2N3O. The number of pyridine rings is 1. The van der Waals surface area contributed by atoms with Crippen molar-refractivity contribution in [2.45, 2.75) is 25.7 Å². The van der Waals surface area contributed by atoms with Crippen molar-refractivity contribution in [1.82, 2.24) is 14.7 Å². The van der Waals surface area contributed by atoms with E-state index >= 15 is 0 Å². The number of nitrogens with zero attached hydrogens (tertiary/aromatic N) is 2. The molecule has 4 nitrogen and oxygen atoms in total. The van der Waals surface area contributed by atoms with Crippen molar-refractivity contribution in [3.8, 4) is 0 Å². The second-order valence-electron chi connectivity index (χ2n) is 7.57. The highest BCUT2D eigenvalue weighted by molar-refractivity contribution is 6.35. The van der Waals surface area contributed by atoms with Crippen LogP contribution < -0.4 is 5.32 Å². The van der Waals surface area contributed by atoms with Gasteiger partial charge in [0.05, 0.1) is 5.69 Å². The largest absolute Gasteiger partial charge is 0.356 e. The van der Waals surface area contributed by atoms with Crippen LogP contribution in [0.2, 0.25) is 10.0 Å². The number of fused-ring (bicyclic) bond motifs is 1. The van der Waals surface area contributed by atoms with E-state index in [1.54, 1.807) is 6.07 Å². The van der Waals surface area contributed by atoms with Crippen LogP contribution in [0.3, 0.4) is 0 Å². The molecule has 0 aliphatic heterocycles. The van der Waals surface area contributed by atoms with E-state index < -0.39 is 0 Å². The first-order valence-electron chi connectivity index (χ1n) is 10.2. The summed E-state index contributed by atoms with van der Waals surface area (Å²) < 4.78 is 2.08. The molecule has 0 fully saturated rings. The molecule has 0 saturated carbocycles. The van der Waals surface area contributed by atoms with Crippen LogP contribution in [0.1, 0.15) is 34.7 Å². The first-order valence-corrected chi connectivity index (χ1v) is 11.0. The molecule has 4 aromatic rings. The van der Waals surface area contributed by atoms with Crippen molar-refractivity contribution in [2.24, 2.45) is 0 Å². The van der Waals surface area contributed by atoms with Gasteiger partial charge in [-0.15, -0.1) is 0 Å². The Labute approximate surface area is 191 Å². The smallest absolute Gasteiger partial charge is 0.221 e. The maximum atomic E-state index is 12.9. The van der Waals surface area contributed by atoms with Crippen molar-refractivity contribution in [1.29, 1.82) is 0 Å². The van der Waals surface area contributed by atoms with Gasteiger partial charge in [-0.05, 0) is 48.2 Å². The number of aryl methyl sites for hydroxylation is 1. The molecule has 31 heavy (non-hydrogen) atoms. The van der Waals surface area contributed by atoms with Crippen LogP contribution in [0.5, 0.6) is 0 Å². The molecule has 2 aromatic carbocycles. The number of hydrogen-bond donors (Lipinski definition) is 1. The summed E-state index contributed by atoms with van der Waals surface area (Å²) in [5, 5.41) is 4.25. The summed E-state index contributed by atoms with van der Waals surface area (Å²) in [6, 6.07) is 19.6. The number of carbonyl (C=O) groups excluding carboxylic acids is 1. The van der Waals surface area contributed by atoms with Gasteiger partial charge in [-0.2, -0.15) is 0 Å². The van der Waals surface area contributed by atoms with Crippen LogP contribution in [-0.4, -0.2) is 21.8 Å². The Morgan fingerprint density at radius 1 is 1.10 bits per heavy atom. The molecule has 2 aromatic heterocycles. The number of nitrogens with one attached hydrogen (secondary N) is 1. The SMILES string of the molecule is Cc1cccn2c(C(CC(=O)NCCc3ccc(Cl)cc3Cl)c3ccccc3)cnc12. The summed E-state index contributed by atoms with van der Waals surface area (Å²) in [5.41, 5.74) is 5.06. The lowest BCUT2D eigenvalue weighted by Crippen LogP contribution is -2.27. The molecule has 0 radical (unpaired) electrons. The zero-order valence-electron chi connectivity index (χ0n) is 17.2. The molecule has 0 bridgehead atoms. The molecule has 4 rings (SSSR count). The number of rotatable bonds is 7. The maximum absolute atomic E-state index is 12.9. The minimum absolute atomic E-state index is 0.0125. The standard InChI is InChI=1S/C25H23Cl2N3O/c1-17-6-5-13-30-23(16-29-25(17)30)21(18-7-3-2-4-8-18)15-24(31)28-12-11-19-9-10-20(26)14-22(19)27/h2-10,13-14,16,21H,11-12,15H2,1H3,(H,28,31). The highest BCUT2D eigenvalue weighted by Gasteiger charge is 2.22. The molecule has 158 valence electrons. The number of imidazole rings is 1. The van der Waals surface area contributed by atoms with Crippen LogP contribution in [0.4, 0.5) is 0 Å². The molecular weight excluding hydrogens is 429 g/mol. The van der Waals surface area contributed by atoms with Crippen molar-refractivity contribution >= 4 is 34.8 Å². The Kier molecular flexibility index (Phi) is 6.59. The minimum Gasteiger partial charge on any atom is -0.356 e. The van der Waals surface area contributed by atoms with Crippen molar-refractivity contribution in [3.63, 3.8) is 0 Å². The number of halogens is 2. The van der Waals surface area contributed by atoms with Crippen LogP contribution in [0.15, 0.2) is 73.1 Å². The third kappa shape index (κ3) is 4.92. The van der Waals surface area contributed by atoms with Crippen LogP contribution in [0, 0.1) is 6.92 Å². The van der Waals surface area contributed by atoms with E-state index in [2.05, 4.69) is 26.8 Å². The van der Waals surface area contributed by atoms with Gasteiger partial charge < -0.3 is 9.72 Å². The third-order valence-corrected chi connectivity index (χ3v) is 6.03. The third-order valence-electron chi connectivity index (χ3n) is 5.44. The summed E-state index contributed by atoms with van der Waals surface area (Å²) in [5.74, 6) is -0.112. The lowest BCUT2D eigenvalue weighted by atomic mass is 9.92. The fraction of sp³-hybridized carbons (Fsp3) is 0.200. The van der Waals surface area contributed by atoms with Gasteiger partial charge in [-0.25, -0.2) is 4.98 Å². The first-order chi connectivity index (χ1) is 15.0. The highest BCUT2D eigenvalue weighted by atomic mass is 35.5. The van der Waals surface area contributed by atoms with E-state index in [4.69, 9.17) is 23.2 Å². The molecule has 1 unspecified atom stereocenters. The van der Waals surface area contributed by atoms with Gasteiger partial charge in [-0.1, -0.05) is 65.7 Å². The van der Waals surface area contributed by atoms with Crippen LogP contribution in [-0.2, 0) is 11.2 Å². The fourth-order valence-corrected chi connectivity index (χ4v) is 4.33. The Balaban J connectivity index is 1.51. The second kappa shape index (κ2) is 9.54. The average molecular weight is 452 g/mol. The quantitative estimate of drug-likeness (QED) is 0.384. The molecule has 1 atom stereocenters. The molecule has 2 heterocycles. The molecule has 1 amide bonds. The Hall–Kier alpha value is -2.82. The van der Waals surface area contributed by atoms with Crippen molar-refractivity contribution in [3.05, 3.63) is 105 Å². The van der Waals surface area contributed by atoms with Crippen LogP contribution in [0.25, 0.3) is 5.65 Å². The number of benzene rings is 2. The molecule has 0 aliphatic carbocycles. The summed E-state index contributed by atoms with van der Waals surface area (Å²) in [6.45, 7) is 2.55. The number of aromatic nitrogens is 2. The highest BCUT2D eigenvalue weighted by Crippen LogP contribution is 2.29. The van der Waals surface area contributed by atoms with Gasteiger partial charge in [0.15, 0.2) is 0 Å². The van der Waals surface area contributed by atoms with Crippen molar-refractivity contribution < 1.29 is 4.79 Å². The Bertz CT molecular complexity index is 1200. The average Bonchev–Trinajstić information content (AvgIpc) is 3.19.